The van der Waals surface area contributed by atoms with Crippen LogP contribution in [0.1, 0.15) is 6.92 Å². The number of thioether (sulfide) groups is 1. The second-order valence-electron chi connectivity index (χ2n) is 3.08. The number of amides is 1. The Bertz CT molecular complexity index is 363. The van der Waals surface area contributed by atoms with E-state index in [1.54, 1.807) is 6.07 Å². The van der Waals surface area contributed by atoms with Gasteiger partial charge in [-0.05, 0) is 13.2 Å². The molecule has 0 aromatic carbocycles. The zero-order valence-electron chi connectivity index (χ0n) is 9.78. The fourth-order valence-corrected chi connectivity index (χ4v) is 1.49. The van der Waals surface area contributed by atoms with Gasteiger partial charge in [0, 0.05) is 12.6 Å². The monoisotopic (exact) mass is 256 g/mol. The third-order valence-corrected chi connectivity index (χ3v) is 2.39. The van der Waals surface area contributed by atoms with Crippen molar-refractivity contribution >= 4 is 29.3 Å². The van der Waals surface area contributed by atoms with Crippen molar-refractivity contribution in [1.82, 2.24) is 15.3 Å². The van der Waals surface area contributed by atoms with Crippen LogP contribution in [0.4, 0.5) is 11.6 Å². The predicted molar refractivity (Wildman–Crippen MR) is 68.8 cm³/mol. The zero-order chi connectivity index (χ0) is 12.7. The van der Waals surface area contributed by atoms with Gasteiger partial charge in [-0.3, -0.25) is 4.79 Å². The Labute approximate surface area is 104 Å². The molecule has 0 aliphatic carbocycles. The lowest BCUT2D eigenvalue weighted by atomic mass is 10.5. The number of anilines is 2. The van der Waals surface area contributed by atoms with Gasteiger partial charge in [0.15, 0.2) is 5.16 Å². The van der Waals surface area contributed by atoms with Crippen molar-refractivity contribution < 1.29 is 4.79 Å². The third kappa shape index (κ3) is 4.45. The van der Waals surface area contributed by atoms with E-state index in [4.69, 9.17) is 5.84 Å². The standard InChI is InChI=1S/C9H16N6OS/c1-3-11-8(16)5-12-6-4-7(15-10)14-9(13-6)17-2/h4H,3,5,10H2,1-2H3,(H,11,16)(H2,12,13,14,15). The summed E-state index contributed by atoms with van der Waals surface area (Å²) < 4.78 is 0. The molecule has 1 rings (SSSR count). The summed E-state index contributed by atoms with van der Waals surface area (Å²) in [5, 5.41) is 6.17. The SMILES string of the molecule is CCNC(=O)CNc1cc(NN)nc(SC)n1. The summed E-state index contributed by atoms with van der Waals surface area (Å²) in [5.74, 6) is 6.27. The number of nitrogen functional groups attached to an aromatic ring is 1. The van der Waals surface area contributed by atoms with Crippen LogP contribution in [0.5, 0.6) is 0 Å². The fraction of sp³-hybridized carbons (Fsp3) is 0.444. The molecule has 7 nitrogen and oxygen atoms in total. The average Bonchev–Trinajstić information content (AvgIpc) is 2.36. The molecule has 0 bridgehead atoms. The van der Waals surface area contributed by atoms with Gasteiger partial charge < -0.3 is 16.1 Å². The van der Waals surface area contributed by atoms with Crippen molar-refractivity contribution in [3.05, 3.63) is 6.07 Å². The number of hydrogen-bond donors (Lipinski definition) is 4. The van der Waals surface area contributed by atoms with Crippen LogP contribution in [0.15, 0.2) is 11.2 Å². The van der Waals surface area contributed by atoms with E-state index in [1.807, 2.05) is 13.2 Å². The molecular formula is C9H16N6OS. The molecule has 0 saturated carbocycles. The molecule has 0 fully saturated rings. The first kappa shape index (κ1) is 13.5. The largest absolute Gasteiger partial charge is 0.361 e. The van der Waals surface area contributed by atoms with Gasteiger partial charge in [-0.15, -0.1) is 0 Å². The van der Waals surface area contributed by atoms with Crippen molar-refractivity contribution in [3.63, 3.8) is 0 Å². The molecule has 1 aromatic heterocycles. The maximum Gasteiger partial charge on any atom is 0.239 e. The highest BCUT2D eigenvalue weighted by Crippen LogP contribution is 2.16. The first-order chi connectivity index (χ1) is 8.19. The van der Waals surface area contributed by atoms with E-state index < -0.39 is 0 Å². The van der Waals surface area contributed by atoms with Gasteiger partial charge in [-0.1, -0.05) is 11.8 Å². The molecule has 94 valence electrons. The number of carbonyl (C=O) groups is 1. The molecular weight excluding hydrogens is 240 g/mol. The lowest BCUT2D eigenvalue weighted by Crippen LogP contribution is -2.29. The minimum Gasteiger partial charge on any atom is -0.361 e. The number of nitrogens with zero attached hydrogens (tertiary/aromatic N) is 2. The number of rotatable bonds is 6. The second kappa shape index (κ2) is 6.92. The summed E-state index contributed by atoms with van der Waals surface area (Å²) in [6, 6.07) is 1.64. The first-order valence-electron chi connectivity index (χ1n) is 5.09. The number of hydrazine groups is 1. The number of likely N-dealkylation sites (N-methyl/N-ethyl adjacent to an activating group) is 1. The van der Waals surface area contributed by atoms with E-state index in [0.717, 1.165) is 0 Å². The molecule has 17 heavy (non-hydrogen) atoms. The van der Waals surface area contributed by atoms with Crippen molar-refractivity contribution in [2.24, 2.45) is 5.84 Å². The molecule has 1 heterocycles. The second-order valence-corrected chi connectivity index (χ2v) is 3.85. The number of aromatic nitrogens is 2. The van der Waals surface area contributed by atoms with Gasteiger partial charge in [-0.25, -0.2) is 15.8 Å². The van der Waals surface area contributed by atoms with E-state index in [1.165, 1.54) is 11.8 Å². The summed E-state index contributed by atoms with van der Waals surface area (Å²) in [5.41, 5.74) is 2.45. The van der Waals surface area contributed by atoms with Crippen LogP contribution < -0.4 is 21.9 Å². The zero-order valence-corrected chi connectivity index (χ0v) is 10.6. The topological polar surface area (TPSA) is 105 Å². The minimum atomic E-state index is -0.0842. The summed E-state index contributed by atoms with van der Waals surface area (Å²) >= 11 is 1.40. The first-order valence-corrected chi connectivity index (χ1v) is 6.32. The van der Waals surface area contributed by atoms with E-state index >= 15 is 0 Å². The molecule has 1 aromatic rings. The van der Waals surface area contributed by atoms with E-state index in [2.05, 4.69) is 26.0 Å². The molecule has 0 aliphatic rings. The summed E-state index contributed by atoms with van der Waals surface area (Å²) in [6.45, 7) is 2.64. The van der Waals surface area contributed by atoms with Crippen LogP contribution in [0.2, 0.25) is 0 Å². The summed E-state index contributed by atoms with van der Waals surface area (Å²) in [6.07, 6.45) is 1.86. The minimum absolute atomic E-state index is 0.0842. The predicted octanol–water partition coefficient (Wildman–Crippen LogP) is 0.0321. The Kier molecular flexibility index (Phi) is 5.50. The van der Waals surface area contributed by atoms with Gasteiger partial charge in [-0.2, -0.15) is 0 Å². The smallest absolute Gasteiger partial charge is 0.239 e. The molecule has 0 saturated heterocycles. The normalized spacial score (nSPS) is 9.82. The van der Waals surface area contributed by atoms with Gasteiger partial charge >= 0.3 is 0 Å². The molecule has 0 atom stereocenters. The van der Waals surface area contributed by atoms with Gasteiger partial charge in [0.05, 0.1) is 6.54 Å². The van der Waals surface area contributed by atoms with Crippen LogP contribution in [-0.4, -0.2) is 35.2 Å². The fourth-order valence-electron chi connectivity index (χ4n) is 1.11. The molecule has 0 unspecified atom stereocenters. The molecule has 8 heteroatoms. The number of carbonyl (C=O) groups excluding carboxylic acids is 1. The molecule has 0 radical (unpaired) electrons. The lowest BCUT2D eigenvalue weighted by molar-refractivity contribution is -0.119. The number of nitrogens with one attached hydrogen (secondary N) is 3. The van der Waals surface area contributed by atoms with Crippen LogP contribution in [0.3, 0.4) is 0 Å². The Hall–Kier alpha value is -1.54. The quantitative estimate of drug-likeness (QED) is 0.246. The highest BCUT2D eigenvalue weighted by atomic mass is 32.2. The average molecular weight is 256 g/mol. The van der Waals surface area contributed by atoms with Crippen LogP contribution in [-0.2, 0) is 4.79 Å². The van der Waals surface area contributed by atoms with Gasteiger partial charge in [0.2, 0.25) is 5.91 Å². The summed E-state index contributed by atoms with van der Waals surface area (Å²) in [7, 11) is 0. The molecule has 0 aliphatic heterocycles. The van der Waals surface area contributed by atoms with Crippen molar-refractivity contribution in [2.75, 3.05) is 30.1 Å². The Morgan fingerprint density at radius 1 is 1.47 bits per heavy atom. The summed E-state index contributed by atoms with van der Waals surface area (Å²) in [4.78, 5) is 19.6. The maximum absolute atomic E-state index is 11.3. The Morgan fingerprint density at radius 3 is 2.76 bits per heavy atom. The molecule has 0 spiro atoms. The van der Waals surface area contributed by atoms with E-state index in [0.29, 0.717) is 23.3 Å². The number of nitrogens with two attached hydrogens (primary N) is 1. The molecule has 1 amide bonds. The number of hydrogen-bond acceptors (Lipinski definition) is 7. The van der Waals surface area contributed by atoms with Crippen molar-refractivity contribution in [3.8, 4) is 0 Å². The highest BCUT2D eigenvalue weighted by molar-refractivity contribution is 7.98. The highest BCUT2D eigenvalue weighted by Gasteiger charge is 2.04. The van der Waals surface area contributed by atoms with Gasteiger partial charge in [0.25, 0.3) is 0 Å². The lowest BCUT2D eigenvalue weighted by Gasteiger charge is -2.08. The van der Waals surface area contributed by atoms with Crippen LogP contribution >= 0.6 is 11.8 Å². The Balaban J connectivity index is 2.66. The van der Waals surface area contributed by atoms with E-state index in [9.17, 15) is 4.79 Å². The van der Waals surface area contributed by atoms with Gasteiger partial charge in [0.1, 0.15) is 11.6 Å². The third-order valence-electron chi connectivity index (χ3n) is 1.84. The molecule has 5 N–H and O–H groups in total. The Morgan fingerprint density at radius 2 is 2.18 bits per heavy atom. The van der Waals surface area contributed by atoms with E-state index in [-0.39, 0.29) is 12.5 Å². The van der Waals surface area contributed by atoms with Crippen molar-refractivity contribution in [1.29, 1.82) is 0 Å². The maximum atomic E-state index is 11.3. The van der Waals surface area contributed by atoms with Crippen LogP contribution in [0, 0.1) is 0 Å². The van der Waals surface area contributed by atoms with Crippen molar-refractivity contribution in [2.45, 2.75) is 12.1 Å². The van der Waals surface area contributed by atoms with Crippen LogP contribution in [0.25, 0.3) is 0 Å².